The molecule has 2 heterocycles. The zero-order valence-corrected chi connectivity index (χ0v) is 18.0. The van der Waals surface area contributed by atoms with Crippen molar-refractivity contribution in [1.82, 2.24) is 4.98 Å². The Morgan fingerprint density at radius 2 is 1.97 bits per heavy atom. The van der Waals surface area contributed by atoms with Gasteiger partial charge in [-0.3, -0.25) is 14.5 Å². The minimum atomic E-state index is -0.582. The average molecular weight is 434 g/mol. The Labute approximate surface area is 185 Å². The van der Waals surface area contributed by atoms with Crippen LogP contribution in [0.3, 0.4) is 0 Å². The summed E-state index contributed by atoms with van der Waals surface area (Å²) in [5.74, 6) is 0.387. The molecule has 6 nitrogen and oxygen atoms in total. The molecule has 0 fully saturated rings. The fourth-order valence-corrected chi connectivity index (χ4v) is 4.34. The lowest BCUT2D eigenvalue weighted by Crippen LogP contribution is -2.46. The van der Waals surface area contributed by atoms with Crippen LogP contribution in [-0.4, -0.2) is 36.0 Å². The standard InChI is InChI=1S/C24H23N3O3S/c1-3-14-27(24-25-19(16-31-24)18-9-5-4-6-10-18)22(28)13-15-26-20-11-7-8-12-21(20)30-17(2)23(26)29/h3-12,16-17H,1,13-15H2,2H3/t17-/m0/s1. The zero-order chi connectivity index (χ0) is 21.8. The van der Waals surface area contributed by atoms with Gasteiger partial charge in [0.2, 0.25) is 5.91 Å². The first-order valence-corrected chi connectivity index (χ1v) is 11.0. The van der Waals surface area contributed by atoms with Crippen LogP contribution in [0.25, 0.3) is 11.3 Å². The Hall–Kier alpha value is -3.45. The second kappa shape index (κ2) is 9.14. The molecule has 0 N–H and O–H groups in total. The molecule has 0 bridgehead atoms. The van der Waals surface area contributed by atoms with Crippen molar-refractivity contribution < 1.29 is 14.3 Å². The van der Waals surface area contributed by atoms with Crippen LogP contribution in [0.1, 0.15) is 13.3 Å². The van der Waals surface area contributed by atoms with Crippen LogP contribution in [0.5, 0.6) is 5.75 Å². The molecule has 1 aromatic heterocycles. The summed E-state index contributed by atoms with van der Waals surface area (Å²) >= 11 is 1.42. The minimum Gasteiger partial charge on any atom is -0.479 e. The lowest BCUT2D eigenvalue weighted by molar-refractivity contribution is -0.125. The second-order valence-electron chi connectivity index (χ2n) is 7.14. The predicted octanol–water partition coefficient (Wildman–Crippen LogP) is 4.53. The summed E-state index contributed by atoms with van der Waals surface area (Å²) in [5.41, 5.74) is 2.52. The van der Waals surface area contributed by atoms with Gasteiger partial charge in [0.15, 0.2) is 11.2 Å². The number of amides is 2. The SMILES string of the molecule is C=CCN(C(=O)CCN1C(=O)[C@H](C)Oc2ccccc21)c1nc(-c2ccccc2)cs1. The molecule has 3 aromatic rings. The molecule has 1 aliphatic heterocycles. The van der Waals surface area contributed by atoms with Gasteiger partial charge in [-0.25, -0.2) is 4.98 Å². The Bertz CT molecular complexity index is 1100. The highest BCUT2D eigenvalue weighted by Gasteiger charge is 2.32. The van der Waals surface area contributed by atoms with E-state index in [0.717, 1.165) is 11.3 Å². The lowest BCUT2D eigenvalue weighted by Gasteiger charge is -2.33. The van der Waals surface area contributed by atoms with Gasteiger partial charge in [-0.05, 0) is 19.1 Å². The summed E-state index contributed by atoms with van der Waals surface area (Å²) in [6.07, 6.45) is 1.27. The number of nitrogens with zero attached hydrogens (tertiary/aromatic N) is 3. The van der Waals surface area contributed by atoms with Crippen LogP contribution in [0, 0.1) is 0 Å². The summed E-state index contributed by atoms with van der Waals surface area (Å²) in [5, 5.41) is 2.56. The highest BCUT2D eigenvalue weighted by molar-refractivity contribution is 7.14. The maximum atomic E-state index is 13.1. The van der Waals surface area contributed by atoms with E-state index in [1.54, 1.807) is 22.8 Å². The molecule has 158 valence electrons. The third kappa shape index (κ3) is 4.36. The van der Waals surface area contributed by atoms with E-state index in [1.165, 1.54) is 11.3 Å². The zero-order valence-electron chi connectivity index (χ0n) is 17.2. The second-order valence-corrected chi connectivity index (χ2v) is 7.98. The Morgan fingerprint density at radius 3 is 2.74 bits per heavy atom. The van der Waals surface area contributed by atoms with E-state index in [9.17, 15) is 9.59 Å². The Balaban J connectivity index is 1.51. The summed E-state index contributed by atoms with van der Waals surface area (Å²) in [4.78, 5) is 33.7. The topological polar surface area (TPSA) is 62.7 Å². The number of ether oxygens (including phenoxy) is 1. The first-order valence-electron chi connectivity index (χ1n) is 10.1. The number of carbonyl (C=O) groups excluding carboxylic acids is 2. The first kappa shape index (κ1) is 20.8. The van der Waals surface area contributed by atoms with E-state index in [0.29, 0.717) is 23.1 Å². The van der Waals surface area contributed by atoms with E-state index in [4.69, 9.17) is 4.74 Å². The Kier molecular flexibility index (Phi) is 6.13. The summed E-state index contributed by atoms with van der Waals surface area (Å²) < 4.78 is 5.67. The first-order chi connectivity index (χ1) is 15.1. The van der Waals surface area contributed by atoms with Crippen molar-refractivity contribution in [2.75, 3.05) is 22.9 Å². The quantitative estimate of drug-likeness (QED) is 0.514. The van der Waals surface area contributed by atoms with Crippen LogP contribution in [0.15, 0.2) is 72.6 Å². The molecule has 7 heteroatoms. The van der Waals surface area contributed by atoms with E-state index in [2.05, 4.69) is 11.6 Å². The number of aromatic nitrogens is 1. The summed E-state index contributed by atoms with van der Waals surface area (Å²) in [6.45, 7) is 6.12. The van der Waals surface area contributed by atoms with Crippen LogP contribution in [0.4, 0.5) is 10.8 Å². The number of hydrogen-bond donors (Lipinski definition) is 0. The highest BCUT2D eigenvalue weighted by atomic mass is 32.1. The molecule has 31 heavy (non-hydrogen) atoms. The largest absolute Gasteiger partial charge is 0.479 e. The maximum Gasteiger partial charge on any atom is 0.267 e. The van der Waals surface area contributed by atoms with Gasteiger partial charge >= 0.3 is 0 Å². The summed E-state index contributed by atoms with van der Waals surface area (Å²) in [6, 6.07) is 17.2. The van der Waals surface area contributed by atoms with Gasteiger partial charge in [-0.2, -0.15) is 0 Å². The molecule has 1 atom stereocenters. The van der Waals surface area contributed by atoms with Gasteiger partial charge in [-0.15, -0.1) is 17.9 Å². The normalized spacial score (nSPS) is 15.2. The van der Waals surface area contributed by atoms with Crippen molar-refractivity contribution in [2.45, 2.75) is 19.4 Å². The van der Waals surface area contributed by atoms with Crippen molar-refractivity contribution in [1.29, 1.82) is 0 Å². The van der Waals surface area contributed by atoms with Crippen molar-refractivity contribution in [3.63, 3.8) is 0 Å². The molecule has 0 saturated carbocycles. The van der Waals surface area contributed by atoms with E-state index < -0.39 is 6.10 Å². The van der Waals surface area contributed by atoms with Crippen LogP contribution >= 0.6 is 11.3 Å². The van der Waals surface area contributed by atoms with Gasteiger partial charge in [0.25, 0.3) is 5.91 Å². The lowest BCUT2D eigenvalue weighted by atomic mass is 10.1. The molecule has 0 aliphatic carbocycles. The van der Waals surface area contributed by atoms with Crippen LogP contribution in [0.2, 0.25) is 0 Å². The molecule has 1 aliphatic rings. The van der Waals surface area contributed by atoms with Gasteiger partial charge in [0.1, 0.15) is 5.75 Å². The average Bonchev–Trinajstić information content (AvgIpc) is 3.28. The third-order valence-electron chi connectivity index (χ3n) is 5.03. The fourth-order valence-electron chi connectivity index (χ4n) is 3.48. The summed E-state index contributed by atoms with van der Waals surface area (Å²) in [7, 11) is 0. The molecule has 0 spiro atoms. The van der Waals surface area contributed by atoms with Gasteiger partial charge < -0.3 is 9.64 Å². The van der Waals surface area contributed by atoms with Crippen molar-refractivity contribution in [3.05, 3.63) is 72.6 Å². The highest BCUT2D eigenvalue weighted by Crippen LogP contribution is 2.34. The number of rotatable bonds is 7. The molecule has 0 saturated heterocycles. The predicted molar refractivity (Wildman–Crippen MR) is 124 cm³/mol. The smallest absolute Gasteiger partial charge is 0.267 e. The van der Waals surface area contributed by atoms with Crippen LogP contribution in [-0.2, 0) is 9.59 Å². The molecule has 2 aromatic carbocycles. The number of para-hydroxylation sites is 2. The molecule has 0 radical (unpaired) electrons. The number of benzene rings is 2. The number of fused-ring (bicyclic) bond motifs is 1. The maximum absolute atomic E-state index is 13.1. The number of thiazole rings is 1. The van der Waals surface area contributed by atoms with Crippen LogP contribution < -0.4 is 14.5 Å². The van der Waals surface area contributed by atoms with E-state index in [1.807, 2.05) is 60.0 Å². The van der Waals surface area contributed by atoms with Gasteiger partial charge in [0, 0.05) is 30.5 Å². The van der Waals surface area contributed by atoms with E-state index >= 15 is 0 Å². The molecular formula is C24H23N3O3S. The monoisotopic (exact) mass is 433 g/mol. The van der Waals surface area contributed by atoms with Crippen molar-refractivity contribution >= 4 is 34.0 Å². The molecular weight excluding hydrogens is 410 g/mol. The van der Waals surface area contributed by atoms with Crippen molar-refractivity contribution in [3.8, 4) is 17.0 Å². The third-order valence-corrected chi connectivity index (χ3v) is 5.89. The van der Waals surface area contributed by atoms with E-state index in [-0.39, 0.29) is 24.8 Å². The molecule has 4 rings (SSSR count). The number of anilines is 2. The molecule has 0 unspecified atom stereocenters. The minimum absolute atomic E-state index is 0.113. The number of carbonyl (C=O) groups is 2. The van der Waals surface area contributed by atoms with Crippen molar-refractivity contribution in [2.24, 2.45) is 0 Å². The Morgan fingerprint density at radius 1 is 1.23 bits per heavy atom. The number of hydrogen-bond acceptors (Lipinski definition) is 5. The molecule has 2 amide bonds. The van der Waals surface area contributed by atoms with Gasteiger partial charge in [0.05, 0.1) is 11.4 Å². The van der Waals surface area contributed by atoms with Gasteiger partial charge in [-0.1, -0.05) is 48.5 Å². The fraction of sp³-hybridized carbons (Fsp3) is 0.208.